The van der Waals surface area contributed by atoms with Crippen molar-refractivity contribution >= 4 is 5.82 Å². The maximum absolute atomic E-state index is 4.62. The Hall–Kier alpha value is -0.990. The van der Waals surface area contributed by atoms with Crippen molar-refractivity contribution in [1.29, 1.82) is 0 Å². The number of anilines is 1. The normalized spacial score (nSPS) is 12.9. The Kier molecular flexibility index (Phi) is 4.14. The van der Waals surface area contributed by atoms with Gasteiger partial charge in [0.15, 0.2) is 0 Å². The molecule has 0 saturated carbocycles. The summed E-state index contributed by atoms with van der Waals surface area (Å²) in [6.07, 6.45) is 1.18. The fraction of sp³-hybridized carbons (Fsp3) is 0.800. The summed E-state index contributed by atoms with van der Waals surface area (Å²) in [5.74, 6) is 1.20. The van der Waals surface area contributed by atoms with Crippen molar-refractivity contribution in [3.63, 3.8) is 0 Å². The largest absolute Gasteiger partial charge is 0.360 e. The zero-order valence-electron chi connectivity index (χ0n) is 13.3. The Balaban J connectivity index is 2.81. The van der Waals surface area contributed by atoms with Gasteiger partial charge in [-0.05, 0) is 11.8 Å². The van der Waals surface area contributed by atoms with Gasteiger partial charge in [0.25, 0.3) is 0 Å². The molecule has 0 amide bonds. The van der Waals surface area contributed by atoms with Gasteiger partial charge in [-0.15, -0.1) is 0 Å². The van der Waals surface area contributed by atoms with Crippen LogP contribution in [0.4, 0.5) is 5.82 Å². The van der Waals surface area contributed by atoms with Crippen LogP contribution in [0.25, 0.3) is 0 Å². The van der Waals surface area contributed by atoms with Gasteiger partial charge in [0.1, 0.15) is 5.82 Å². The number of aromatic nitrogens is 2. The van der Waals surface area contributed by atoms with Crippen LogP contribution in [-0.2, 0) is 12.5 Å². The van der Waals surface area contributed by atoms with Crippen LogP contribution in [0.2, 0.25) is 0 Å². The smallest absolute Gasteiger partial charge is 0.126 e. The van der Waals surface area contributed by atoms with E-state index in [1.165, 1.54) is 12.2 Å². The van der Waals surface area contributed by atoms with E-state index in [2.05, 4.69) is 64.7 Å². The third-order valence-electron chi connectivity index (χ3n) is 3.21. The van der Waals surface area contributed by atoms with Crippen molar-refractivity contribution < 1.29 is 0 Å². The standard InChI is InChI=1S/C15H29N3/c1-14(2,3)9-10-17(7)13-11-12(15(4,5)6)16-18(13)8/h11H,9-10H2,1-8H3. The summed E-state index contributed by atoms with van der Waals surface area (Å²) < 4.78 is 1.99. The Morgan fingerprint density at radius 3 is 2.11 bits per heavy atom. The predicted molar refractivity (Wildman–Crippen MR) is 79.3 cm³/mol. The maximum Gasteiger partial charge on any atom is 0.126 e. The molecule has 3 nitrogen and oxygen atoms in total. The molecule has 1 heterocycles. The molecule has 0 fully saturated rings. The van der Waals surface area contributed by atoms with Gasteiger partial charge in [-0.3, -0.25) is 4.68 Å². The van der Waals surface area contributed by atoms with Crippen molar-refractivity contribution in [3.05, 3.63) is 11.8 Å². The highest BCUT2D eigenvalue weighted by molar-refractivity contribution is 5.41. The van der Waals surface area contributed by atoms with Gasteiger partial charge in [-0.2, -0.15) is 5.10 Å². The average molecular weight is 251 g/mol. The molecule has 1 aromatic rings. The van der Waals surface area contributed by atoms with E-state index >= 15 is 0 Å². The minimum absolute atomic E-state index is 0.112. The Bertz CT molecular complexity index is 391. The van der Waals surface area contributed by atoms with E-state index < -0.39 is 0 Å². The van der Waals surface area contributed by atoms with E-state index in [-0.39, 0.29) is 5.41 Å². The van der Waals surface area contributed by atoms with Crippen LogP contribution >= 0.6 is 0 Å². The Morgan fingerprint density at radius 1 is 1.17 bits per heavy atom. The van der Waals surface area contributed by atoms with E-state index in [1.807, 2.05) is 11.7 Å². The Labute approximate surface area is 112 Å². The average Bonchev–Trinajstić information content (AvgIpc) is 2.55. The molecule has 0 saturated heterocycles. The van der Waals surface area contributed by atoms with E-state index in [1.54, 1.807) is 0 Å². The zero-order chi connectivity index (χ0) is 14.1. The molecule has 0 aliphatic rings. The zero-order valence-corrected chi connectivity index (χ0v) is 13.3. The fourth-order valence-electron chi connectivity index (χ4n) is 1.80. The minimum atomic E-state index is 0.112. The molecule has 0 unspecified atom stereocenters. The van der Waals surface area contributed by atoms with Crippen LogP contribution < -0.4 is 4.90 Å². The van der Waals surface area contributed by atoms with E-state index in [0.29, 0.717) is 5.41 Å². The first-order valence-corrected chi connectivity index (χ1v) is 6.76. The van der Waals surface area contributed by atoms with Crippen LogP contribution in [0.5, 0.6) is 0 Å². The molecular weight excluding hydrogens is 222 g/mol. The molecule has 0 aliphatic heterocycles. The van der Waals surface area contributed by atoms with E-state index in [9.17, 15) is 0 Å². The van der Waals surface area contributed by atoms with Crippen molar-refractivity contribution in [3.8, 4) is 0 Å². The second-order valence-corrected chi connectivity index (χ2v) is 7.49. The van der Waals surface area contributed by atoms with Crippen LogP contribution in [0.3, 0.4) is 0 Å². The van der Waals surface area contributed by atoms with Gasteiger partial charge in [0.05, 0.1) is 5.69 Å². The van der Waals surface area contributed by atoms with Crippen LogP contribution in [-0.4, -0.2) is 23.4 Å². The number of aryl methyl sites for hydroxylation is 1. The molecule has 1 aromatic heterocycles. The molecule has 0 N–H and O–H groups in total. The fourth-order valence-corrected chi connectivity index (χ4v) is 1.80. The quantitative estimate of drug-likeness (QED) is 0.818. The summed E-state index contributed by atoms with van der Waals surface area (Å²) in [5.41, 5.74) is 1.64. The van der Waals surface area contributed by atoms with Gasteiger partial charge >= 0.3 is 0 Å². The van der Waals surface area contributed by atoms with Gasteiger partial charge < -0.3 is 4.90 Å². The van der Waals surface area contributed by atoms with Gasteiger partial charge in [-0.1, -0.05) is 41.5 Å². The highest BCUT2D eigenvalue weighted by Crippen LogP contribution is 2.26. The third kappa shape index (κ3) is 4.04. The second kappa shape index (κ2) is 4.94. The monoisotopic (exact) mass is 251 g/mol. The van der Waals surface area contributed by atoms with Gasteiger partial charge in [0, 0.05) is 32.1 Å². The first-order valence-electron chi connectivity index (χ1n) is 6.76. The highest BCUT2D eigenvalue weighted by atomic mass is 15.4. The first kappa shape index (κ1) is 15.1. The number of hydrogen-bond donors (Lipinski definition) is 0. The lowest BCUT2D eigenvalue weighted by Crippen LogP contribution is -2.24. The molecule has 0 atom stereocenters. The molecule has 0 aliphatic carbocycles. The van der Waals surface area contributed by atoms with E-state index in [4.69, 9.17) is 0 Å². The summed E-state index contributed by atoms with van der Waals surface area (Å²) >= 11 is 0. The summed E-state index contributed by atoms with van der Waals surface area (Å²) in [4.78, 5) is 2.30. The van der Waals surface area contributed by atoms with Crippen LogP contribution in [0.15, 0.2) is 6.07 Å². The second-order valence-electron chi connectivity index (χ2n) is 7.49. The number of hydrogen-bond acceptors (Lipinski definition) is 2. The first-order chi connectivity index (χ1) is 8.00. The lowest BCUT2D eigenvalue weighted by atomic mass is 9.92. The summed E-state index contributed by atoms with van der Waals surface area (Å²) in [5, 5.41) is 4.62. The van der Waals surface area contributed by atoms with Crippen molar-refractivity contribution in [2.24, 2.45) is 12.5 Å². The lowest BCUT2D eigenvalue weighted by Gasteiger charge is -2.24. The number of rotatable bonds is 3. The molecule has 0 aromatic carbocycles. The molecule has 0 bridgehead atoms. The molecule has 3 heteroatoms. The summed E-state index contributed by atoms with van der Waals surface area (Å²) in [6, 6.07) is 2.21. The lowest BCUT2D eigenvalue weighted by molar-refractivity contribution is 0.380. The molecule has 104 valence electrons. The Morgan fingerprint density at radius 2 is 1.72 bits per heavy atom. The topological polar surface area (TPSA) is 21.1 Å². The minimum Gasteiger partial charge on any atom is -0.360 e. The van der Waals surface area contributed by atoms with Crippen molar-refractivity contribution in [1.82, 2.24) is 9.78 Å². The predicted octanol–water partition coefficient (Wildman–Crippen LogP) is 3.59. The molecule has 1 rings (SSSR count). The maximum atomic E-state index is 4.62. The summed E-state index contributed by atoms with van der Waals surface area (Å²) in [7, 11) is 4.17. The van der Waals surface area contributed by atoms with Crippen LogP contribution in [0, 0.1) is 5.41 Å². The van der Waals surface area contributed by atoms with E-state index in [0.717, 1.165) is 12.2 Å². The van der Waals surface area contributed by atoms with Gasteiger partial charge in [0.2, 0.25) is 0 Å². The molecule has 18 heavy (non-hydrogen) atoms. The van der Waals surface area contributed by atoms with Crippen molar-refractivity contribution in [2.75, 3.05) is 18.5 Å². The van der Waals surface area contributed by atoms with Crippen LogP contribution in [0.1, 0.15) is 53.7 Å². The number of nitrogens with zero attached hydrogens (tertiary/aromatic N) is 3. The SMILES string of the molecule is CN(CCC(C)(C)C)c1cc(C(C)(C)C)nn1C. The molecule has 0 spiro atoms. The summed E-state index contributed by atoms with van der Waals surface area (Å²) in [6.45, 7) is 14.5. The van der Waals surface area contributed by atoms with Crippen molar-refractivity contribution in [2.45, 2.75) is 53.4 Å². The third-order valence-corrected chi connectivity index (χ3v) is 3.21. The molecular formula is C15H29N3. The van der Waals surface area contributed by atoms with Gasteiger partial charge in [-0.25, -0.2) is 0 Å². The molecule has 0 radical (unpaired) electrons. The highest BCUT2D eigenvalue weighted by Gasteiger charge is 2.20.